The van der Waals surface area contributed by atoms with E-state index < -0.39 is 0 Å². The second-order valence-electron chi connectivity index (χ2n) is 6.16. The Balaban J connectivity index is 2.02. The van der Waals surface area contributed by atoms with Gasteiger partial charge >= 0.3 is 0 Å². The maximum atomic E-state index is 12.4. The molecule has 3 N–H and O–H groups in total. The average molecular weight is 302 g/mol. The molecule has 0 aliphatic heterocycles. The van der Waals surface area contributed by atoms with E-state index in [2.05, 4.69) is 11.9 Å². The van der Waals surface area contributed by atoms with Crippen LogP contribution in [0.5, 0.6) is 5.75 Å². The third-order valence-electron chi connectivity index (χ3n) is 3.94. The highest BCUT2D eigenvalue weighted by Gasteiger charge is 2.16. The quantitative estimate of drug-likeness (QED) is 0.495. The summed E-state index contributed by atoms with van der Waals surface area (Å²) in [6.45, 7) is 6.09. The molecule has 1 saturated carbocycles. The van der Waals surface area contributed by atoms with Crippen molar-refractivity contribution in [3.63, 3.8) is 0 Å². The van der Waals surface area contributed by atoms with Crippen molar-refractivity contribution in [2.45, 2.75) is 51.5 Å². The zero-order valence-electron chi connectivity index (χ0n) is 13.4. The number of ether oxygens (including phenoxy) is 1. The van der Waals surface area contributed by atoms with Gasteiger partial charge in [-0.25, -0.2) is 0 Å². The molecule has 2 rings (SSSR count). The summed E-state index contributed by atoms with van der Waals surface area (Å²) >= 11 is 0. The van der Waals surface area contributed by atoms with E-state index in [-0.39, 0.29) is 11.9 Å². The molecule has 0 heterocycles. The fraction of sp³-hybridized carbons (Fsp3) is 0.500. The second kappa shape index (κ2) is 7.87. The standard InChI is InChI=1S/C18H26N2O2/c1-13(2)12-22-17-11-14(9-10-16(17)19)18(21)20-15-7-5-3-4-6-8-15/h9-11,15H,1,3-8,12,19H2,2H3,(H,20,21). The van der Waals surface area contributed by atoms with Crippen molar-refractivity contribution < 1.29 is 9.53 Å². The van der Waals surface area contributed by atoms with E-state index in [0.29, 0.717) is 23.6 Å². The summed E-state index contributed by atoms with van der Waals surface area (Å²) in [5, 5.41) is 3.13. The molecule has 1 aromatic carbocycles. The number of nitrogens with one attached hydrogen (secondary N) is 1. The molecule has 1 aromatic rings. The molecule has 4 heteroatoms. The lowest BCUT2D eigenvalue weighted by molar-refractivity contribution is 0.0933. The number of anilines is 1. The monoisotopic (exact) mass is 302 g/mol. The number of rotatable bonds is 5. The topological polar surface area (TPSA) is 64.3 Å². The number of carbonyl (C=O) groups excluding carboxylic acids is 1. The molecular weight excluding hydrogens is 276 g/mol. The fourth-order valence-electron chi connectivity index (χ4n) is 2.69. The average Bonchev–Trinajstić information content (AvgIpc) is 2.74. The van der Waals surface area contributed by atoms with Gasteiger partial charge in [-0.15, -0.1) is 0 Å². The molecule has 0 saturated heterocycles. The minimum Gasteiger partial charge on any atom is -0.487 e. The van der Waals surface area contributed by atoms with Gasteiger partial charge in [0.1, 0.15) is 12.4 Å². The molecule has 0 radical (unpaired) electrons. The molecule has 0 aromatic heterocycles. The van der Waals surface area contributed by atoms with Crippen molar-refractivity contribution in [1.82, 2.24) is 5.32 Å². The van der Waals surface area contributed by atoms with Gasteiger partial charge in [-0.3, -0.25) is 4.79 Å². The van der Waals surface area contributed by atoms with Crippen molar-refractivity contribution in [1.29, 1.82) is 0 Å². The first kappa shape index (κ1) is 16.4. The lowest BCUT2D eigenvalue weighted by Gasteiger charge is -2.17. The zero-order chi connectivity index (χ0) is 15.9. The van der Waals surface area contributed by atoms with E-state index in [4.69, 9.17) is 10.5 Å². The Hall–Kier alpha value is -1.97. The molecule has 1 fully saturated rings. The third kappa shape index (κ3) is 4.79. The molecular formula is C18H26N2O2. The summed E-state index contributed by atoms with van der Waals surface area (Å²) in [6, 6.07) is 5.46. The highest BCUT2D eigenvalue weighted by Crippen LogP contribution is 2.24. The van der Waals surface area contributed by atoms with Gasteiger partial charge in [-0.05, 0) is 43.5 Å². The number of carbonyl (C=O) groups is 1. The van der Waals surface area contributed by atoms with Crippen LogP contribution in [0.15, 0.2) is 30.4 Å². The number of nitrogen functional groups attached to an aromatic ring is 1. The number of hydrogen-bond donors (Lipinski definition) is 2. The first-order chi connectivity index (χ1) is 10.6. The van der Waals surface area contributed by atoms with E-state index in [0.717, 1.165) is 18.4 Å². The summed E-state index contributed by atoms with van der Waals surface area (Å²) in [4.78, 5) is 12.4. The maximum Gasteiger partial charge on any atom is 0.251 e. The summed E-state index contributed by atoms with van der Waals surface area (Å²) in [7, 11) is 0. The Morgan fingerprint density at radius 1 is 1.32 bits per heavy atom. The molecule has 1 aliphatic carbocycles. The SMILES string of the molecule is C=C(C)COc1cc(C(=O)NC2CCCCCC2)ccc1N. The van der Waals surface area contributed by atoms with Gasteiger partial charge in [0.05, 0.1) is 5.69 Å². The van der Waals surface area contributed by atoms with Gasteiger partial charge < -0.3 is 15.8 Å². The van der Waals surface area contributed by atoms with Crippen molar-refractivity contribution in [2.75, 3.05) is 12.3 Å². The van der Waals surface area contributed by atoms with Crippen LogP contribution in [-0.2, 0) is 0 Å². The molecule has 1 aliphatic rings. The number of benzene rings is 1. The summed E-state index contributed by atoms with van der Waals surface area (Å²) in [5.74, 6) is 0.489. The van der Waals surface area contributed by atoms with Crippen molar-refractivity contribution >= 4 is 11.6 Å². The van der Waals surface area contributed by atoms with E-state index in [1.54, 1.807) is 18.2 Å². The number of nitrogens with two attached hydrogens (primary N) is 1. The first-order valence-electron chi connectivity index (χ1n) is 8.04. The predicted molar refractivity (Wildman–Crippen MR) is 90.1 cm³/mol. The molecule has 120 valence electrons. The highest BCUT2D eigenvalue weighted by atomic mass is 16.5. The molecule has 0 atom stereocenters. The predicted octanol–water partition coefficient (Wildman–Crippen LogP) is 3.68. The summed E-state index contributed by atoms with van der Waals surface area (Å²) in [6.07, 6.45) is 7.07. The van der Waals surface area contributed by atoms with Crippen LogP contribution < -0.4 is 15.8 Å². The van der Waals surface area contributed by atoms with Crippen LogP contribution in [0.4, 0.5) is 5.69 Å². The van der Waals surface area contributed by atoms with Gasteiger partial charge in [0.15, 0.2) is 0 Å². The van der Waals surface area contributed by atoms with Crippen molar-refractivity contribution in [3.8, 4) is 5.75 Å². The van der Waals surface area contributed by atoms with Crippen LogP contribution in [0.2, 0.25) is 0 Å². The Bertz CT molecular complexity index is 532. The Morgan fingerprint density at radius 2 is 2.00 bits per heavy atom. The van der Waals surface area contributed by atoms with Crippen LogP contribution >= 0.6 is 0 Å². The lowest BCUT2D eigenvalue weighted by atomic mass is 10.1. The summed E-state index contributed by atoms with van der Waals surface area (Å²) < 4.78 is 5.59. The van der Waals surface area contributed by atoms with Crippen LogP contribution in [0.25, 0.3) is 0 Å². The highest BCUT2D eigenvalue weighted by molar-refractivity contribution is 5.95. The molecule has 0 spiro atoms. The first-order valence-corrected chi connectivity index (χ1v) is 8.04. The Kier molecular flexibility index (Phi) is 5.87. The molecule has 22 heavy (non-hydrogen) atoms. The van der Waals surface area contributed by atoms with Crippen LogP contribution in [0, 0.1) is 0 Å². The normalized spacial score (nSPS) is 15.9. The number of amides is 1. The van der Waals surface area contributed by atoms with Crippen molar-refractivity contribution in [3.05, 3.63) is 35.9 Å². The van der Waals surface area contributed by atoms with Gasteiger partial charge in [0, 0.05) is 11.6 Å². The Labute approximate surface area is 132 Å². The smallest absolute Gasteiger partial charge is 0.251 e. The minimum absolute atomic E-state index is 0.0490. The van der Waals surface area contributed by atoms with E-state index in [1.165, 1.54) is 25.7 Å². The zero-order valence-corrected chi connectivity index (χ0v) is 13.4. The minimum atomic E-state index is -0.0490. The van der Waals surface area contributed by atoms with Crippen LogP contribution in [0.1, 0.15) is 55.8 Å². The van der Waals surface area contributed by atoms with Gasteiger partial charge in [0.25, 0.3) is 5.91 Å². The van der Waals surface area contributed by atoms with Crippen LogP contribution in [0.3, 0.4) is 0 Å². The largest absolute Gasteiger partial charge is 0.487 e. The molecule has 4 nitrogen and oxygen atoms in total. The molecule has 0 unspecified atom stereocenters. The van der Waals surface area contributed by atoms with Gasteiger partial charge in [-0.1, -0.05) is 32.3 Å². The van der Waals surface area contributed by atoms with E-state index in [9.17, 15) is 4.79 Å². The van der Waals surface area contributed by atoms with Crippen LogP contribution in [-0.4, -0.2) is 18.6 Å². The molecule has 0 bridgehead atoms. The maximum absolute atomic E-state index is 12.4. The third-order valence-corrected chi connectivity index (χ3v) is 3.94. The number of hydrogen-bond acceptors (Lipinski definition) is 3. The lowest BCUT2D eigenvalue weighted by Crippen LogP contribution is -2.34. The summed E-state index contributed by atoms with van der Waals surface area (Å²) in [5.41, 5.74) is 7.93. The van der Waals surface area contributed by atoms with Gasteiger partial charge in [0.2, 0.25) is 0 Å². The van der Waals surface area contributed by atoms with Gasteiger partial charge in [-0.2, -0.15) is 0 Å². The van der Waals surface area contributed by atoms with E-state index >= 15 is 0 Å². The van der Waals surface area contributed by atoms with E-state index in [1.807, 2.05) is 6.92 Å². The van der Waals surface area contributed by atoms with Crippen molar-refractivity contribution in [2.24, 2.45) is 0 Å². The molecule has 1 amide bonds. The Morgan fingerprint density at radius 3 is 2.64 bits per heavy atom. The fourth-order valence-corrected chi connectivity index (χ4v) is 2.69. The second-order valence-corrected chi connectivity index (χ2v) is 6.16.